The van der Waals surface area contributed by atoms with Crippen LogP contribution in [0.15, 0.2) is 46.7 Å². The number of carboxylic acid groups (broad SMARTS) is 1. The van der Waals surface area contributed by atoms with Gasteiger partial charge in [0, 0.05) is 11.1 Å². The van der Waals surface area contributed by atoms with Gasteiger partial charge in [0.25, 0.3) is 0 Å². The Morgan fingerprint density at radius 2 is 1.69 bits per heavy atom. The molecule has 0 fully saturated rings. The second kappa shape index (κ2) is 11.0. The van der Waals surface area contributed by atoms with E-state index in [0.717, 1.165) is 29.6 Å². The number of carboxylic acids is 1. The van der Waals surface area contributed by atoms with E-state index in [9.17, 15) is 17.6 Å². The summed E-state index contributed by atoms with van der Waals surface area (Å²) < 4.78 is 40.1. The topological polar surface area (TPSA) is 83.5 Å². The molecule has 0 spiro atoms. The van der Waals surface area contributed by atoms with Crippen molar-refractivity contribution in [1.82, 2.24) is 5.32 Å². The van der Waals surface area contributed by atoms with Crippen LogP contribution in [0.4, 0.5) is 4.39 Å². The minimum Gasteiger partial charge on any atom is -0.481 e. The molecule has 0 saturated heterocycles. The van der Waals surface area contributed by atoms with Gasteiger partial charge in [0.05, 0.1) is 5.75 Å². The van der Waals surface area contributed by atoms with Crippen molar-refractivity contribution in [2.45, 2.75) is 43.2 Å². The second-order valence-corrected chi connectivity index (χ2v) is 11.2. The van der Waals surface area contributed by atoms with E-state index in [0.29, 0.717) is 34.5 Å². The van der Waals surface area contributed by atoms with Gasteiger partial charge in [-0.2, -0.15) is 0 Å². The highest BCUT2D eigenvalue weighted by molar-refractivity contribution is 7.93. The average molecular weight is 478 g/mol. The maximum absolute atomic E-state index is 13.5. The van der Waals surface area contributed by atoms with Crippen molar-refractivity contribution in [3.63, 3.8) is 0 Å². The number of sulfone groups is 1. The molecule has 0 saturated carbocycles. The molecule has 5 nitrogen and oxygen atoms in total. The molecular formula is C24H28FNO4S2. The highest BCUT2D eigenvalue weighted by Gasteiger charge is 2.21. The molecule has 0 aliphatic heterocycles. The molecule has 0 aliphatic rings. The lowest BCUT2D eigenvalue weighted by molar-refractivity contribution is -0.136. The molecule has 172 valence electrons. The van der Waals surface area contributed by atoms with Gasteiger partial charge in [-0.1, -0.05) is 24.3 Å². The Morgan fingerprint density at radius 3 is 2.38 bits per heavy atom. The number of aryl methyl sites for hydroxylation is 3. The minimum absolute atomic E-state index is 0.0634. The SMILES string of the molecule is Cc1c(S(=O)(=O)CCCNCCCc2ccc(CCC(=O)O)cc2)sc2ccc(F)cc12. The highest BCUT2D eigenvalue weighted by Crippen LogP contribution is 2.35. The Bertz CT molecular complexity index is 1170. The molecule has 0 unspecified atom stereocenters. The zero-order chi connectivity index (χ0) is 23.1. The summed E-state index contributed by atoms with van der Waals surface area (Å²) in [7, 11) is -3.40. The monoisotopic (exact) mass is 477 g/mol. The fraction of sp³-hybridized carbons (Fsp3) is 0.375. The number of thiophene rings is 1. The summed E-state index contributed by atoms with van der Waals surface area (Å²) in [5.74, 6) is -1.09. The molecule has 0 atom stereocenters. The third-order valence-electron chi connectivity index (χ3n) is 5.37. The molecule has 0 radical (unpaired) electrons. The molecule has 2 N–H and O–H groups in total. The maximum Gasteiger partial charge on any atom is 0.303 e. The van der Waals surface area contributed by atoms with Crippen LogP contribution in [0, 0.1) is 12.7 Å². The van der Waals surface area contributed by atoms with E-state index >= 15 is 0 Å². The molecular weight excluding hydrogens is 449 g/mol. The minimum atomic E-state index is -3.40. The number of aliphatic carboxylic acids is 1. The molecule has 1 aromatic heterocycles. The van der Waals surface area contributed by atoms with E-state index in [1.807, 2.05) is 24.3 Å². The molecule has 32 heavy (non-hydrogen) atoms. The quantitative estimate of drug-likeness (QED) is 0.368. The predicted octanol–water partition coefficient (Wildman–Crippen LogP) is 4.75. The van der Waals surface area contributed by atoms with Crippen molar-refractivity contribution in [2.75, 3.05) is 18.8 Å². The molecule has 3 rings (SSSR count). The van der Waals surface area contributed by atoms with Gasteiger partial charge >= 0.3 is 5.97 Å². The molecule has 0 aliphatic carbocycles. The standard InChI is InChI=1S/C24H28FNO4S2/c1-17-21-16-20(25)10-11-22(21)31-24(17)32(29,30)15-3-14-26-13-2-4-18-5-7-19(8-6-18)9-12-23(27)28/h5-8,10-11,16,26H,2-4,9,12-15H2,1H3,(H,27,28). The highest BCUT2D eigenvalue weighted by atomic mass is 32.2. The molecule has 8 heteroatoms. The van der Waals surface area contributed by atoms with Crippen molar-refractivity contribution >= 4 is 37.2 Å². The summed E-state index contributed by atoms with van der Waals surface area (Å²) in [6.07, 6.45) is 3.03. The molecule has 3 aromatic rings. The summed E-state index contributed by atoms with van der Waals surface area (Å²) >= 11 is 1.21. The lowest BCUT2D eigenvalue weighted by atomic mass is 10.0. The number of fused-ring (bicyclic) bond motifs is 1. The van der Waals surface area contributed by atoms with Gasteiger partial charge in [0.2, 0.25) is 0 Å². The van der Waals surface area contributed by atoms with Crippen LogP contribution >= 0.6 is 11.3 Å². The van der Waals surface area contributed by atoms with Gasteiger partial charge in [0.15, 0.2) is 9.84 Å². The van der Waals surface area contributed by atoms with Gasteiger partial charge < -0.3 is 10.4 Å². The Hall–Kier alpha value is -2.29. The van der Waals surface area contributed by atoms with E-state index in [-0.39, 0.29) is 18.0 Å². The van der Waals surface area contributed by atoms with Crippen LogP contribution in [0.25, 0.3) is 10.1 Å². The van der Waals surface area contributed by atoms with Crippen LogP contribution in [-0.4, -0.2) is 38.3 Å². The van der Waals surface area contributed by atoms with Crippen LogP contribution in [-0.2, 0) is 27.5 Å². The first-order chi connectivity index (χ1) is 15.3. The van der Waals surface area contributed by atoms with Crippen molar-refractivity contribution in [1.29, 1.82) is 0 Å². The number of rotatable bonds is 12. The first-order valence-electron chi connectivity index (χ1n) is 10.7. The van der Waals surface area contributed by atoms with Crippen LogP contribution in [0.5, 0.6) is 0 Å². The first-order valence-corrected chi connectivity index (χ1v) is 13.1. The summed E-state index contributed by atoms with van der Waals surface area (Å²) in [6.45, 7) is 3.15. The summed E-state index contributed by atoms with van der Waals surface area (Å²) in [5.41, 5.74) is 2.85. The number of carbonyl (C=O) groups is 1. The normalized spacial score (nSPS) is 11.8. The zero-order valence-electron chi connectivity index (χ0n) is 18.1. The van der Waals surface area contributed by atoms with Gasteiger partial charge in [-0.05, 0) is 86.0 Å². The van der Waals surface area contributed by atoms with Gasteiger partial charge in [-0.15, -0.1) is 11.3 Å². The van der Waals surface area contributed by atoms with Crippen LogP contribution in [0.1, 0.15) is 36.0 Å². The second-order valence-electron chi connectivity index (χ2n) is 7.89. The van der Waals surface area contributed by atoms with Crippen LogP contribution in [0.3, 0.4) is 0 Å². The van der Waals surface area contributed by atoms with E-state index in [2.05, 4.69) is 5.32 Å². The third-order valence-corrected chi connectivity index (χ3v) is 9.15. The van der Waals surface area contributed by atoms with Crippen molar-refractivity contribution in [3.05, 3.63) is 65.0 Å². The summed E-state index contributed by atoms with van der Waals surface area (Å²) in [6, 6.07) is 12.4. The largest absolute Gasteiger partial charge is 0.481 e. The van der Waals surface area contributed by atoms with E-state index in [1.54, 1.807) is 13.0 Å². The van der Waals surface area contributed by atoms with Crippen molar-refractivity contribution in [3.8, 4) is 0 Å². The number of nitrogens with one attached hydrogen (secondary N) is 1. The lowest BCUT2D eigenvalue weighted by Crippen LogP contribution is -2.20. The van der Waals surface area contributed by atoms with Gasteiger partial charge in [-0.25, -0.2) is 12.8 Å². The zero-order valence-corrected chi connectivity index (χ0v) is 19.7. The third kappa shape index (κ3) is 6.60. The number of halogens is 1. The van der Waals surface area contributed by atoms with E-state index < -0.39 is 15.8 Å². The Labute approximate surface area is 192 Å². The van der Waals surface area contributed by atoms with Crippen LogP contribution in [0.2, 0.25) is 0 Å². The first kappa shape index (κ1) is 24.4. The fourth-order valence-electron chi connectivity index (χ4n) is 3.61. The van der Waals surface area contributed by atoms with Gasteiger partial charge in [-0.3, -0.25) is 4.79 Å². The Morgan fingerprint density at radius 1 is 1.03 bits per heavy atom. The number of hydrogen-bond donors (Lipinski definition) is 2. The lowest BCUT2D eigenvalue weighted by Gasteiger charge is -2.07. The molecule has 0 bridgehead atoms. The smallest absolute Gasteiger partial charge is 0.303 e. The Kier molecular flexibility index (Phi) is 8.39. The number of benzene rings is 2. The van der Waals surface area contributed by atoms with Crippen LogP contribution < -0.4 is 5.32 Å². The fourth-order valence-corrected chi connectivity index (χ4v) is 6.85. The summed E-state index contributed by atoms with van der Waals surface area (Å²) in [4.78, 5) is 10.6. The Balaban J connectivity index is 1.38. The van der Waals surface area contributed by atoms with Gasteiger partial charge in [0.1, 0.15) is 10.0 Å². The van der Waals surface area contributed by atoms with Crippen molar-refractivity contribution < 1.29 is 22.7 Å². The van der Waals surface area contributed by atoms with E-state index in [1.165, 1.54) is 29.0 Å². The molecule has 0 amide bonds. The summed E-state index contributed by atoms with van der Waals surface area (Å²) in [5, 5.41) is 12.7. The average Bonchev–Trinajstić information content (AvgIpc) is 3.09. The molecule has 2 aromatic carbocycles. The predicted molar refractivity (Wildman–Crippen MR) is 127 cm³/mol. The maximum atomic E-state index is 13.5. The van der Waals surface area contributed by atoms with Crippen molar-refractivity contribution in [2.24, 2.45) is 0 Å². The number of hydrogen-bond acceptors (Lipinski definition) is 5. The molecule has 1 heterocycles. The van der Waals surface area contributed by atoms with E-state index in [4.69, 9.17) is 5.11 Å².